The van der Waals surface area contributed by atoms with Gasteiger partial charge in [0.2, 0.25) is 5.91 Å². The number of carbonyl (C=O) groups excluding carboxylic acids is 1. The van der Waals surface area contributed by atoms with E-state index in [2.05, 4.69) is 33.0 Å². The SMILES string of the molecule is CON(C)CCNC1CCN(C(=O)[C@@H](Cc2ccc(Cl)cc2)NC2CCNCC2)CC1C1CCCCC1.Cl. The topological polar surface area (TPSA) is 68.9 Å². The highest BCUT2D eigenvalue weighted by Gasteiger charge is 2.38. The number of nitrogens with one attached hydrogen (secondary N) is 3. The predicted molar refractivity (Wildman–Crippen MR) is 158 cm³/mol. The van der Waals surface area contributed by atoms with Crippen LogP contribution in [0.4, 0.5) is 0 Å². The molecule has 9 heteroatoms. The van der Waals surface area contributed by atoms with Crippen LogP contribution in [0.1, 0.15) is 56.9 Å². The number of halogens is 2. The van der Waals surface area contributed by atoms with Crippen LogP contribution in [-0.2, 0) is 16.1 Å². The van der Waals surface area contributed by atoms with E-state index in [0.29, 0.717) is 30.3 Å². The Hall–Kier alpha value is -0.930. The Labute approximate surface area is 241 Å². The molecule has 3 fully saturated rings. The van der Waals surface area contributed by atoms with Gasteiger partial charge >= 0.3 is 0 Å². The maximum Gasteiger partial charge on any atom is 0.240 e. The van der Waals surface area contributed by atoms with Crippen LogP contribution in [0.5, 0.6) is 0 Å². The Kier molecular flexibility index (Phi) is 13.6. The van der Waals surface area contributed by atoms with Gasteiger partial charge in [-0.05, 0) is 68.3 Å². The van der Waals surface area contributed by atoms with E-state index in [9.17, 15) is 4.79 Å². The lowest BCUT2D eigenvalue weighted by Gasteiger charge is -2.45. The van der Waals surface area contributed by atoms with Gasteiger partial charge in [-0.15, -0.1) is 12.4 Å². The van der Waals surface area contributed by atoms with Gasteiger partial charge in [0.1, 0.15) is 0 Å². The van der Waals surface area contributed by atoms with E-state index >= 15 is 0 Å². The number of hydrogen-bond donors (Lipinski definition) is 3. The first kappa shape index (κ1) is 31.6. The Morgan fingerprint density at radius 2 is 1.84 bits per heavy atom. The normalized spacial score (nSPS) is 24.3. The van der Waals surface area contributed by atoms with Gasteiger partial charge in [0.15, 0.2) is 0 Å². The van der Waals surface area contributed by atoms with Gasteiger partial charge < -0.3 is 25.7 Å². The molecule has 3 atom stereocenters. The number of amides is 1. The summed E-state index contributed by atoms with van der Waals surface area (Å²) in [4.78, 5) is 21.6. The molecule has 4 rings (SSSR count). The maximum atomic E-state index is 14.1. The lowest BCUT2D eigenvalue weighted by Crippen LogP contribution is -2.59. The molecular formula is C29H49Cl2N5O2. The lowest BCUT2D eigenvalue weighted by molar-refractivity contribution is -0.136. The minimum atomic E-state index is -0.198. The van der Waals surface area contributed by atoms with Crippen molar-refractivity contribution in [3.05, 3.63) is 34.9 Å². The molecule has 0 spiro atoms. The smallest absolute Gasteiger partial charge is 0.240 e. The highest BCUT2D eigenvalue weighted by molar-refractivity contribution is 6.30. The molecule has 1 amide bonds. The fraction of sp³-hybridized carbons (Fsp3) is 0.759. The van der Waals surface area contributed by atoms with E-state index < -0.39 is 0 Å². The van der Waals surface area contributed by atoms with Gasteiger partial charge in [-0.1, -0.05) is 55.8 Å². The fourth-order valence-corrected chi connectivity index (χ4v) is 6.67. The zero-order valence-electron chi connectivity index (χ0n) is 23.3. The molecule has 2 aliphatic heterocycles. The molecule has 38 heavy (non-hydrogen) atoms. The van der Waals surface area contributed by atoms with Gasteiger partial charge in [0, 0.05) is 50.3 Å². The average Bonchev–Trinajstić information content (AvgIpc) is 2.94. The molecule has 1 aromatic carbocycles. The third-order valence-electron chi connectivity index (χ3n) is 8.80. The number of benzene rings is 1. The van der Waals surface area contributed by atoms with Crippen molar-refractivity contribution in [2.24, 2.45) is 11.8 Å². The van der Waals surface area contributed by atoms with Gasteiger partial charge in [-0.3, -0.25) is 4.79 Å². The number of likely N-dealkylation sites (tertiary alicyclic amines) is 1. The Morgan fingerprint density at radius 1 is 1.13 bits per heavy atom. The minimum Gasteiger partial charge on any atom is -0.341 e. The highest BCUT2D eigenvalue weighted by Crippen LogP contribution is 2.35. The summed E-state index contributed by atoms with van der Waals surface area (Å²) in [5.74, 6) is 1.49. The van der Waals surface area contributed by atoms with Crippen LogP contribution in [-0.4, -0.2) is 87.4 Å². The summed E-state index contributed by atoms with van der Waals surface area (Å²) in [7, 11) is 3.69. The summed E-state index contributed by atoms with van der Waals surface area (Å²) in [5.41, 5.74) is 1.16. The first-order valence-corrected chi connectivity index (χ1v) is 14.9. The van der Waals surface area contributed by atoms with Crippen LogP contribution < -0.4 is 16.0 Å². The monoisotopic (exact) mass is 569 g/mol. The average molecular weight is 571 g/mol. The summed E-state index contributed by atoms with van der Waals surface area (Å²) in [6.45, 7) is 5.48. The lowest BCUT2D eigenvalue weighted by atomic mass is 9.74. The van der Waals surface area contributed by atoms with Crippen LogP contribution >= 0.6 is 24.0 Å². The minimum absolute atomic E-state index is 0. The zero-order valence-corrected chi connectivity index (χ0v) is 24.9. The third-order valence-corrected chi connectivity index (χ3v) is 9.05. The largest absolute Gasteiger partial charge is 0.341 e. The van der Waals surface area contributed by atoms with Crippen LogP contribution in [0.2, 0.25) is 5.02 Å². The van der Waals surface area contributed by atoms with Crippen molar-refractivity contribution >= 4 is 29.9 Å². The number of hydroxylamine groups is 2. The first-order valence-electron chi connectivity index (χ1n) is 14.5. The Balaban J connectivity index is 0.00000400. The molecular weight excluding hydrogens is 521 g/mol. The maximum absolute atomic E-state index is 14.1. The van der Waals surface area contributed by atoms with E-state index in [0.717, 1.165) is 69.1 Å². The molecule has 3 aliphatic rings. The second-order valence-corrected chi connectivity index (χ2v) is 11.7. The third kappa shape index (κ3) is 9.33. The van der Waals surface area contributed by atoms with Crippen LogP contribution in [0.3, 0.4) is 0 Å². The Bertz CT molecular complexity index is 818. The molecule has 2 unspecified atom stereocenters. The van der Waals surface area contributed by atoms with Crippen LogP contribution in [0.25, 0.3) is 0 Å². The summed E-state index contributed by atoms with van der Waals surface area (Å²) in [6.07, 6.45) is 10.4. The van der Waals surface area contributed by atoms with Gasteiger partial charge in [0.05, 0.1) is 13.2 Å². The number of hydrogen-bond acceptors (Lipinski definition) is 6. The quantitative estimate of drug-likeness (QED) is 0.351. The first-order chi connectivity index (χ1) is 18.0. The Morgan fingerprint density at radius 3 is 2.53 bits per heavy atom. The molecule has 3 N–H and O–H groups in total. The molecule has 1 saturated carbocycles. The van der Waals surface area contributed by atoms with Crippen molar-refractivity contribution in [1.29, 1.82) is 0 Å². The van der Waals surface area contributed by atoms with Crippen LogP contribution in [0, 0.1) is 11.8 Å². The molecule has 1 aromatic rings. The molecule has 0 bridgehead atoms. The van der Waals surface area contributed by atoms with Crippen molar-refractivity contribution in [3.63, 3.8) is 0 Å². The second-order valence-electron chi connectivity index (χ2n) is 11.3. The molecule has 0 radical (unpaired) electrons. The molecule has 0 aromatic heterocycles. The van der Waals surface area contributed by atoms with Gasteiger partial charge in [0.25, 0.3) is 0 Å². The second kappa shape index (κ2) is 16.4. The van der Waals surface area contributed by atoms with Gasteiger partial charge in [-0.2, -0.15) is 5.06 Å². The van der Waals surface area contributed by atoms with Gasteiger partial charge in [-0.25, -0.2) is 0 Å². The molecule has 7 nitrogen and oxygen atoms in total. The standard InChI is InChI=1S/C29H48ClN5O2.ClH/c1-34(37-2)19-17-32-27-14-18-35(21-26(27)23-6-4-3-5-7-23)29(36)28(33-25-12-15-31-16-13-25)20-22-8-10-24(30)11-9-22;/h8-11,23,25-28,31-33H,3-7,12-21H2,1-2H3;1H/t26?,27?,28-;/m1./s1. The number of nitrogens with zero attached hydrogens (tertiary/aromatic N) is 2. The summed E-state index contributed by atoms with van der Waals surface area (Å²) >= 11 is 6.14. The molecule has 216 valence electrons. The van der Waals surface area contributed by atoms with E-state index in [1.807, 2.05) is 24.2 Å². The zero-order chi connectivity index (χ0) is 26.0. The van der Waals surface area contributed by atoms with Crippen molar-refractivity contribution in [2.75, 3.05) is 53.4 Å². The highest BCUT2D eigenvalue weighted by atomic mass is 35.5. The summed E-state index contributed by atoms with van der Waals surface area (Å²) < 4.78 is 0. The number of rotatable bonds is 11. The van der Waals surface area contributed by atoms with Crippen LogP contribution in [0.15, 0.2) is 24.3 Å². The van der Waals surface area contributed by atoms with Crippen molar-refractivity contribution in [3.8, 4) is 0 Å². The number of piperidine rings is 2. The molecule has 2 heterocycles. The fourth-order valence-electron chi connectivity index (χ4n) is 6.54. The van der Waals surface area contributed by atoms with E-state index in [1.54, 1.807) is 7.11 Å². The van der Waals surface area contributed by atoms with Crippen molar-refractivity contribution < 1.29 is 9.63 Å². The van der Waals surface area contributed by atoms with Crippen molar-refractivity contribution in [2.45, 2.75) is 75.9 Å². The van der Waals surface area contributed by atoms with E-state index in [4.69, 9.17) is 16.4 Å². The van der Waals surface area contributed by atoms with E-state index in [1.165, 1.54) is 32.1 Å². The number of likely N-dealkylation sites (N-methyl/N-ethyl adjacent to an activating group) is 1. The molecule has 2 saturated heterocycles. The predicted octanol–water partition coefficient (Wildman–Crippen LogP) is 3.89. The van der Waals surface area contributed by atoms with E-state index in [-0.39, 0.29) is 24.4 Å². The number of carbonyl (C=O) groups is 1. The molecule has 1 aliphatic carbocycles. The van der Waals surface area contributed by atoms with Crippen molar-refractivity contribution in [1.82, 2.24) is 25.9 Å². The summed E-state index contributed by atoms with van der Waals surface area (Å²) in [5, 5.41) is 13.7. The summed E-state index contributed by atoms with van der Waals surface area (Å²) in [6, 6.07) is 8.63.